The van der Waals surface area contributed by atoms with Crippen molar-refractivity contribution in [2.45, 2.75) is 216 Å². The van der Waals surface area contributed by atoms with E-state index in [0.717, 1.165) is 31.4 Å². The highest BCUT2D eigenvalue weighted by Crippen LogP contribution is 2.31. The summed E-state index contributed by atoms with van der Waals surface area (Å²) >= 11 is 0.987. The number of carbonyl (C=O) groups is 14. The maximum Gasteiger partial charge on any atom is 0.303 e. The zero-order chi connectivity index (χ0) is 92.9. The third-order valence-corrected chi connectivity index (χ3v) is 25.0. The first-order valence-electron chi connectivity index (χ1n) is 43.4. The number of H-pyrrole nitrogens is 1. The number of carboxylic acid groups (broad SMARTS) is 1. The van der Waals surface area contributed by atoms with Crippen LogP contribution in [-0.4, -0.2) is 283 Å². The molecule has 13 amide bonds. The van der Waals surface area contributed by atoms with Gasteiger partial charge >= 0.3 is 5.97 Å². The van der Waals surface area contributed by atoms with Gasteiger partial charge in [0.15, 0.2) is 17.5 Å². The van der Waals surface area contributed by atoms with Crippen LogP contribution in [0.15, 0.2) is 128 Å². The molecule has 4 aliphatic heterocycles. The van der Waals surface area contributed by atoms with E-state index in [1.54, 1.807) is 126 Å². The number of rotatable bonds is 19. The Hall–Kier alpha value is -11.9. The minimum atomic E-state index is -1.80. The summed E-state index contributed by atoms with van der Waals surface area (Å²) in [5.41, 5.74) is 2.37. The summed E-state index contributed by atoms with van der Waals surface area (Å²) in [5, 5.41) is 52.2. The number of para-hydroxylation sites is 1. The first-order valence-corrected chi connectivity index (χ1v) is 44.6. The highest BCUT2D eigenvalue weighted by molar-refractivity contribution is 8.00. The monoisotopic (exact) mass is 1790 g/mol. The van der Waals surface area contributed by atoms with E-state index >= 15 is 61.5 Å². The fourth-order valence-corrected chi connectivity index (χ4v) is 17.6. The molecule has 0 radical (unpaired) electrons. The molecule has 6 aromatic rings. The number of benzene rings is 5. The van der Waals surface area contributed by atoms with Gasteiger partial charge in [-0.1, -0.05) is 138 Å². The number of hydrogen-bond donors (Lipinski definition) is 11. The number of aliphatic hydroxyl groups excluding tert-OH is 1. The zero-order valence-corrected chi connectivity index (χ0v) is 74.2. The average molecular weight is 1800 g/mol. The summed E-state index contributed by atoms with van der Waals surface area (Å²) in [6.07, 6.45) is -1.58. The molecule has 14 atom stereocenters. The number of aliphatic carboxylic acids is 1. The van der Waals surface area contributed by atoms with Crippen LogP contribution in [0.2, 0.25) is 0 Å². The average Bonchev–Trinajstić information content (AvgIpc) is 1.21. The van der Waals surface area contributed by atoms with Gasteiger partial charge in [-0.15, -0.1) is 11.8 Å². The number of hydrogen-bond acceptors (Lipinski definition) is 18. The van der Waals surface area contributed by atoms with Crippen LogP contribution in [0.3, 0.4) is 0 Å². The Bertz CT molecular complexity index is 4930. The van der Waals surface area contributed by atoms with Gasteiger partial charge in [0.1, 0.15) is 78.3 Å². The van der Waals surface area contributed by atoms with Crippen molar-refractivity contribution >= 4 is 105 Å². The number of phenolic OH excluding ortho intramolecular Hbond substituents is 1. The van der Waals surface area contributed by atoms with Crippen molar-refractivity contribution in [3.05, 3.63) is 173 Å². The summed E-state index contributed by atoms with van der Waals surface area (Å²) in [6.45, 7) is 8.99. The van der Waals surface area contributed by atoms with E-state index in [9.17, 15) is 34.1 Å². The van der Waals surface area contributed by atoms with E-state index in [4.69, 9.17) is 4.74 Å². The third kappa shape index (κ3) is 25.7. The van der Waals surface area contributed by atoms with Gasteiger partial charge in [0.2, 0.25) is 76.8 Å². The van der Waals surface area contributed by atoms with Crippen molar-refractivity contribution < 1.29 is 100 Å². The van der Waals surface area contributed by atoms with Crippen LogP contribution in [0.25, 0.3) is 10.9 Å². The normalized spacial score (nSPS) is 25.4. The van der Waals surface area contributed by atoms with Gasteiger partial charge < -0.3 is 91.7 Å². The van der Waals surface area contributed by atoms with Crippen LogP contribution < -0.4 is 37.2 Å². The van der Waals surface area contributed by atoms with E-state index < -0.39 is 222 Å². The van der Waals surface area contributed by atoms with Gasteiger partial charge in [-0.25, -0.2) is 13.2 Å². The standard InChI is InChI=1S/C92H117F3N14O18S/c1-10-11-27-72-90(124)109-48-61(111)46-75(109)91(125)107-35-20-28-71(107)84(118)103-80(53(4)5)92(126)105(8)73(43-55-21-14-12-15-22-55)85(119)99-66(33-34-78(113)114)88(122)108-36-37-127-49-76(108)86(120)102-69(45-59-47-96-65-26-19-18-25-62(59)65)83(117)101-68(41-57-29-31-60(110)32-30-57)82(116)100-67(38-52(2)3)81(115)97-54(6)50-128-51-77(112)98-70(42-58-39-63(93)79(95)64(94)40-58)87(121)106(9)74(89(123)104(72)7)44-56-23-16-13-17-24-56/h12-19,21-26,29-32,39-40,47,52-54,61,66-76,80,96,110-111H,10-11,20,27-28,33-38,41-46,48-51H2,1-9H3,(H,97,115)(H,98,112)(H,99,119)(H,100,116)(H,101,117)(H,102,120)(H,103,118)(H,113,114)/t54-,61-,66+,67+,68+,69+,70+,71+,72+,73+,74+,75-,76-,80+/m1/s1. The summed E-state index contributed by atoms with van der Waals surface area (Å²) in [6, 6.07) is 12.4. The first-order chi connectivity index (χ1) is 61.0. The number of aromatic amines is 1. The van der Waals surface area contributed by atoms with Crippen molar-refractivity contribution in [3.63, 3.8) is 0 Å². The number of nitrogens with one attached hydrogen (secondary N) is 8. The number of carbonyl (C=O) groups excluding carboxylic acids is 13. The van der Waals surface area contributed by atoms with Gasteiger partial charge in [0.05, 0.1) is 25.1 Å². The number of morpholine rings is 1. The highest BCUT2D eigenvalue weighted by atomic mass is 32.2. The molecule has 5 heterocycles. The zero-order valence-electron chi connectivity index (χ0n) is 73.4. The quantitative estimate of drug-likeness (QED) is 0.0501. The summed E-state index contributed by atoms with van der Waals surface area (Å²) in [4.78, 5) is 221. The predicted octanol–water partition coefficient (Wildman–Crippen LogP) is 4.38. The number of aromatic hydroxyl groups is 1. The Balaban J connectivity index is 1.02. The van der Waals surface area contributed by atoms with Gasteiger partial charge in [0, 0.05) is 115 Å². The fourth-order valence-electron chi connectivity index (χ4n) is 16.8. The van der Waals surface area contributed by atoms with Gasteiger partial charge in [-0.3, -0.25) is 67.1 Å². The van der Waals surface area contributed by atoms with Crippen molar-refractivity contribution in [2.75, 3.05) is 65.5 Å². The minimum absolute atomic E-state index is 0.00450. The van der Waals surface area contributed by atoms with Gasteiger partial charge in [0.25, 0.3) is 0 Å². The van der Waals surface area contributed by atoms with Crippen LogP contribution in [-0.2, 0) is 104 Å². The molecule has 32 nitrogen and oxygen atoms in total. The number of ether oxygens (including phenoxy) is 1. The number of thioether (sulfide) groups is 1. The van der Waals surface area contributed by atoms with E-state index in [2.05, 4.69) is 42.2 Å². The lowest BCUT2D eigenvalue weighted by Crippen LogP contribution is -2.64. The topological polar surface area (TPSA) is 428 Å². The molecule has 4 aliphatic rings. The van der Waals surface area contributed by atoms with E-state index in [1.165, 1.54) is 55.2 Å². The molecule has 0 saturated carbocycles. The maximum absolute atomic E-state index is 15.7. The number of nitrogens with zero attached hydrogens (tertiary/aromatic N) is 6. The molecule has 11 N–H and O–H groups in total. The Morgan fingerprint density at radius 2 is 1.10 bits per heavy atom. The number of likely N-dealkylation sites (N-methyl/N-ethyl adjacent to an activating group) is 3. The molecular formula is C92H117F3N14O18S. The Kier molecular flexibility index (Phi) is 35.1. The van der Waals surface area contributed by atoms with Crippen molar-refractivity contribution in [1.29, 1.82) is 0 Å². The third-order valence-electron chi connectivity index (χ3n) is 23.8. The van der Waals surface area contributed by atoms with Gasteiger partial charge in [-0.05, 0) is 109 Å². The van der Waals surface area contributed by atoms with Gasteiger partial charge in [-0.2, -0.15) is 0 Å². The van der Waals surface area contributed by atoms with Crippen molar-refractivity contribution in [2.24, 2.45) is 11.8 Å². The molecule has 4 fully saturated rings. The Morgan fingerprint density at radius 3 is 1.74 bits per heavy atom. The second kappa shape index (κ2) is 45.7. The largest absolute Gasteiger partial charge is 0.508 e. The summed E-state index contributed by atoms with van der Waals surface area (Å²) in [5.74, 6) is -18.9. The van der Waals surface area contributed by atoms with Crippen LogP contribution >= 0.6 is 11.8 Å². The molecule has 0 spiro atoms. The number of carboxylic acids is 1. The second-order valence-corrected chi connectivity index (χ2v) is 35.2. The van der Waals surface area contributed by atoms with Crippen molar-refractivity contribution in [3.8, 4) is 5.75 Å². The van der Waals surface area contributed by atoms with Crippen LogP contribution in [0.4, 0.5) is 13.2 Å². The molecule has 4 saturated heterocycles. The lowest BCUT2D eigenvalue weighted by Gasteiger charge is -2.38. The molecular weight excluding hydrogens is 1680 g/mol. The predicted molar refractivity (Wildman–Crippen MR) is 468 cm³/mol. The molecule has 10 rings (SSSR count). The SMILES string of the molecule is CCCC[C@H]1C(=O)N2C[C@H](O)C[C@@H]2C(=O)N2CCC[C@H]2C(=O)N[C@@H](C(C)C)C(=O)N(C)[C@@H](Cc2ccccc2)C(=O)N[C@@H](CCC(=O)O)C(=O)N2CCOC[C@@H]2C(=O)N[C@@H](Cc2c[nH]c3ccccc23)C(=O)N[C@@H](Cc2ccc(O)cc2)C(=O)N[C@@H](CC(C)C)C(=O)N[C@H](C)CSCC(=O)N[C@@H](Cc2cc(F)c(F)c(F)c2)C(=O)N(C)[C@@H](Cc2ccccc2)C(=O)N1C. The Morgan fingerprint density at radius 1 is 0.539 bits per heavy atom. The molecule has 128 heavy (non-hydrogen) atoms. The van der Waals surface area contributed by atoms with E-state index in [0.29, 0.717) is 58.1 Å². The second-order valence-electron chi connectivity index (χ2n) is 34.2. The Labute approximate surface area is 745 Å². The number of aliphatic hydroxyl groups is 1. The maximum atomic E-state index is 15.7. The van der Waals surface area contributed by atoms with Crippen molar-refractivity contribution in [1.82, 2.24) is 71.6 Å². The molecule has 1 aromatic heterocycles. The van der Waals surface area contributed by atoms with E-state index in [1.807, 2.05) is 6.92 Å². The fraction of sp³-hybridized carbons (Fsp3) is 0.500. The molecule has 5 aromatic carbocycles. The molecule has 690 valence electrons. The number of unbranched alkanes of at least 4 members (excludes halogenated alkanes) is 1. The number of halogens is 3. The smallest absolute Gasteiger partial charge is 0.303 e. The first kappa shape index (κ1) is 98.3. The lowest BCUT2D eigenvalue weighted by atomic mass is 9.98. The molecule has 0 bridgehead atoms. The number of phenols is 1. The molecule has 36 heteroatoms. The summed E-state index contributed by atoms with van der Waals surface area (Å²) in [7, 11) is 3.93. The summed E-state index contributed by atoms with van der Waals surface area (Å²) < 4.78 is 50.7. The number of fused-ring (bicyclic) bond motifs is 4. The highest BCUT2D eigenvalue weighted by Gasteiger charge is 2.50. The number of amides is 13. The lowest BCUT2D eigenvalue weighted by molar-refractivity contribution is -0.154. The van der Waals surface area contributed by atoms with Crippen LogP contribution in [0.5, 0.6) is 5.75 Å². The number of aromatic nitrogens is 1. The van der Waals surface area contributed by atoms with Crippen LogP contribution in [0, 0.1) is 29.3 Å². The molecule has 0 unspecified atom stereocenters. The minimum Gasteiger partial charge on any atom is -0.508 e. The van der Waals surface area contributed by atoms with Crippen LogP contribution in [0.1, 0.15) is 127 Å². The molecule has 0 aliphatic carbocycles. The van der Waals surface area contributed by atoms with E-state index in [-0.39, 0.29) is 107 Å².